The number of hydrogen-bond acceptors (Lipinski definition) is 2. The molecule has 0 atom stereocenters. The van der Waals surface area contributed by atoms with Gasteiger partial charge in [-0.2, -0.15) is 0 Å². The van der Waals surface area contributed by atoms with E-state index in [0.717, 1.165) is 10.0 Å². The summed E-state index contributed by atoms with van der Waals surface area (Å²) in [5, 5.41) is 3.23. The van der Waals surface area contributed by atoms with Crippen molar-refractivity contribution in [3.63, 3.8) is 0 Å². The molecule has 0 aliphatic rings. The minimum absolute atomic E-state index is 0.225. The maximum absolute atomic E-state index is 12.0. The minimum atomic E-state index is -0.225. The summed E-state index contributed by atoms with van der Waals surface area (Å²) in [5.41, 5.74) is 1.64. The number of halogens is 2. The van der Waals surface area contributed by atoms with Gasteiger partial charge in [-0.25, -0.2) is 4.98 Å². The largest absolute Gasteiger partial charge is 0.306 e. The number of carbonyl (C=O) groups is 1. The van der Waals surface area contributed by atoms with Crippen LogP contribution >= 0.6 is 27.5 Å². The van der Waals surface area contributed by atoms with Gasteiger partial charge in [-0.1, -0.05) is 17.7 Å². The first-order valence-electron chi connectivity index (χ1n) is 5.25. The van der Waals surface area contributed by atoms with Gasteiger partial charge in [0.2, 0.25) is 0 Å². The third kappa shape index (κ3) is 3.09. The Kier molecular flexibility index (Phi) is 3.99. The summed E-state index contributed by atoms with van der Waals surface area (Å²) in [6.45, 7) is 1.96. The number of aromatic nitrogens is 1. The normalized spacial score (nSPS) is 10.2. The molecule has 0 unspecified atom stereocenters. The predicted molar refractivity (Wildman–Crippen MR) is 76.1 cm³/mol. The van der Waals surface area contributed by atoms with Crippen LogP contribution in [0.5, 0.6) is 0 Å². The standard InChI is InChI=1S/C13H10BrClN2O/c1-8-2-3-10(11(14)6-8)13(18)17-12-7-9(15)4-5-16-12/h2-7H,1H3,(H,16,17,18). The van der Waals surface area contributed by atoms with Crippen LogP contribution in [0, 0.1) is 6.92 Å². The molecule has 0 saturated carbocycles. The number of benzene rings is 1. The summed E-state index contributed by atoms with van der Waals surface area (Å²) < 4.78 is 0.752. The summed E-state index contributed by atoms with van der Waals surface area (Å²) in [5.74, 6) is 0.205. The summed E-state index contributed by atoms with van der Waals surface area (Å²) in [6.07, 6.45) is 1.54. The second kappa shape index (κ2) is 5.50. The smallest absolute Gasteiger partial charge is 0.257 e. The van der Waals surface area contributed by atoms with Crippen molar-refractivity contribution in [2.45, 2.75) is 6.92 Å². The number of nitrogens with zero attached hydrogens (tertiary/aromatic N) is 1. The van der Waals surface area contributed by atoms with Gasteiger partial charge in [0.25, 0.3) is 5.91 Å². The molecule has 5 heteroatoms. The van der Waals surface area contributed by atoms with Gasteiger partial charge in [0.1, 0.15) is 5.82 Å². The second-order valence-corrected chi connectivity index (χ2v) is 5.09. The lowest BCUT2D eigenvalue weighted by Gasteiger charge is -2.07. The van der Waals surface area contributed by atoms with Crippen LogP contribution in [0.4, 0.5) is 5.82 Å². The van der Waals surface area contributed by atoms with Crippen LogP contribution in [-0.2, 0) is 0 Å². The lowest BCUT2D eigenvalue weighted by molar-refractivity contribution is 0.102. The number of amides is 1. The molecule has 1 heterocycles. The van der Waals surface area contributed by atoms with Crippen molar-refractivity contribution in [2.75, 3.05) is 5.32 Å². The lowest BCUT2D eigenvalue weighted by Crippen LogP contribution is -2.13. The maximum atomic E-state index is 12.0. The van der Waals surface area contributed by atoms with Crippen LogP contribution in [0.25, 0.3) is 0 Å². The Labute approximate surface area is 118 Å². The van der Waals surface area contributed by atoms with Gasteiger partial charge in [-0.3, -0.25) is 4.79 Å². The van der Waals surface area contributed by atoms with E-state index in [2.05, 4.69) is 26.2 Å². The molecule has 3 nitrogen and oxygen atoms in total. The highest BCUT2D eigenvalue weighted by atomic mass is 79.9. The van der Waals surface area contributed by atoms with Crippen molar-refractivity contribution >= 4 is 39.3 Å². The molecule has 1 N–H and O–H groups in total. The summed E-state index contributed by atoms with van der Waals surface area (Å²) in [7, 11) is 0. The molecule has 1 aromatic carbocycles. The first-order chi connectivity index (χ1) is 8.56. The van der Waals surface area contributed by atoms with Crippen LogP contribution in [0.2, 0.25) is 5.02 Å². The Morgan fingerprint density at radius 2 is 2.11 bits per heavy atom. The molecular weight excluding hydrogens is 316 g/mol. The van der Waals surface area contributed by atoms with Gasteiger partial charge in [-0.15, -0.1) is 0 Å². The van der Waals surface area contributed by atoms with Gasteiger partial charge in [0.15, 0.2) is 0 Å². The van der Waals surface area contributed by atoms with Crippen LogP contribution in [0.3, 0.4) is 0 Å². The number of anilines is 1. The monoisotopic (exact) mass is 324 g/mol. The Bertz CT molecular complexity index is 601. The SMILES string of the molecule is Cc1ccc(C(=O)Nc2cc(Cl)ccn2)c(Br)c1. The summed E-state index contributed by atoms with van der Waals surface area (Å²) >= 11 is 9.19. The van der Waals surface area contributed by atoms with E-state index in [1.807, 2.05) is 19.1 Å². The first-order valence-corrected chi connectivity index (χ1v) is 6.42. The maximum Gasteiger partial charge on any atom is 0.257 e. The molecule has 2 aromatic rings. The molecule has 1 amide bonds. The number of nitrogens with one attached hydrogen (secondary N) is 1. The van der Waals surface area contributed by atoms with E-state index >= 15 is 0 Å². The highest BCUT2D eigenvalue weighted by Crippen LogP contribution is 2.20. The van der Waals surface area contributed by atoms with Crippen molar-refractivity contribution in [2.24, 2.45) is 0 Å². The molecule has 0 saturated heterocycles. The fourth-order valence-electron chi connectivity index (χ4n) is 1.46. The molecule has 92 valence electrons. The van der Waals surface area contributed by atoms with E-state index in [1.165, 1.54) is 0 Å². The number of hydrogen-bond donors (Lipinski definition) is 1. The molecule has 0 fully saturated rings. The Hall–Kier alpha value is -1.39. The van der Waals surface area contributed by atoms with Gasteiger partial charge < -0.3 is 5.32 Å². The number of rotatable bonds is 2. The van der Waals surface area contributed by atoms with E-state index in [9.17, 15) is 4.79 Å². The number of pyridine rings is 1. The summed E-state index contributed by atoms with van der Waals surface area (Å²) in [6, 6.07) is 8.78. The first kappa shape index (κ1) is 13.1. The molecule has 1 aromatic heterocycles. The quantitative estimate of drug-likeness (QED) is 0.905. The molecule has 18 heavy (non-hydrogen) atoms. The van der Waals surface area contributed by atoms with Gasteiger partial charge in [0.05, 0.1) is 5.56 Å². The molecule has 0 aliphatic carbocycles. The topological polar surface area (TPSA) is 42.0 Å². The third-order valence-corrected chi connectivity index (χ3v) is 3.22. The average molecular weight is 326 g/mol. The van der Waals surface area contributed by atoms with Crippen LogP contribution in [0.15, 0.2) is 41.0 Å². The van der Waals surface area contributed by atoms with E-state index in [0.29, 0.717) is 16.4 Å². The molecular formula is C13H10BrClN2O. The van der Waals surface area contributed by atoms with Crippen molar-refractivity contribution in [3.05, 3.63) is 57.2 Å². The Morgan fingerprint density at radius 3 is 2.78 bits per heavy atom. The van der Waals surface area contributed by atoms with Gasteiger partial charge >= 0.3 is 0 Å². The lowest BCUT2D eigenvalue weighted by atomic mass is 10.1. The fourth-order valence-corrected chi connectivity index (χ4v) is 2.29. The zero-order valence-corrected chi connectivity index (χ0v) is 11.9. The zero-order chi connectivity index (χ0) is 13.1. The highest BCUT2D eigenvalue weighted by molar-refractivity contribution is 9.10. The average Bonchev–Trinajstić information content (AvgIpc) is 2.28. The number of aryl methyl sites for hydroxylation is 1. The van der Waals surface area contributed by atoms with E-state index in [-0.39, 0.29) is 5.91 Å². The van der Waals surface area contributed by atoms with Crippen molar-refractivity contribution in [1.82, 2.24) is 4.98 Å². The van der Waals surface area contributed by atoms with E-state index in [1.54, 1.807) is 24.4 Å². The second-order valence-electron chi connectivity index (χ2n) is 3.80. The van der Waals surface area contributed by atoms with Gasteiger partial charge in [-0.05, 0) is 52.7 Å². The Morgan fingerprint density at radius 1 is 1.33 bits per heavy atom. The molecule has 0 radical (unpaired) electrons. The van der Waals surface area contributed by atoms with Crippen molar-refractivity contribution in [1.29, 1.82) is 0 Å². The van der Waals surface area contributed by atoms with E-state index in [4.69, 9.17) is 11.6 Å². The highest BCUT2D eigenvalue weighted by Gasteiger charge is 2.10. The predicted octanol–water partition coefficient (Wildman–Crippen LogP) is 4.06. The van der Waals surface area contributed by atoms with Crippen LogP contribution < -0.4 is 5.32 Å². The van der Waals surface area contributed by atoms with Crippen LogP contribution in [0.1, 0.15) is 15.9 Å². The molecule has 2 rings (SSSR count). The van der Waals surface area contributed by atoms with Crippen molar-refractivity contribution in [3.8, 4) is 0 Å². The summed E-state index contributed by atoms with van der Waals surface area (Å²) in [4.78, 5) is 16.1. The molecule has 0 bridgehead atoms. The van der Waals surface area contributed by atoms with E-state index < -0.39 is 0 Å². The third-order valence-electron chi connectivity index (χ3n) is 2.33. The fraction of sp³-hybridized carbons (Fsp3) is 0.0769. The molecule has 0 spiro atoms. The molecule has 0 aliphatic heterocycles. The zero-order valence-electron chi connectivity index (χ0n) is 9.58. The number of carbonyl (C=O) groups excluding carboxylic acids is 1. The van der Waals surface area contributed by atoms with Crippen molar-refractivity contribution < 1.29 is 4.79 Å². The minimum Gasteiger partial charge on any atom is -0.306 e. The van der Waals surface area contributed by atoms with Crippen LogP contribution in [-0.4, -0.2) is 10.9 Å². The Balaban J connectivity index is 2.22. The van der Waals surface area contributed by atoms with Gasteiger partial charge in [0, 0.05) is 15.7 Å².